The van der Waals surface area contributed by atoms with E-state index < -0.39 is 5.78 Å². The van der Waals surface area contributed by atoms with Gasteiger partial charge in [-0.1, -0.05) is 12.1 Å². The van der Waals surface area contributed by atoms with Crippen LogP contribution in [0.25, 0.3) is 11.8 Å². The molecule has 0 aliphatic carbocycles. The molecule has 2 N–H and O–H groups in total. The van der Waals surface area contributed by atoms with Crippen LogP contribution in [0.5, 0.6) is 23.0 Å². The Balaban J connectivity index is 2.16. The van der Waals surface area contributed by atoms with Crippen LogP contribution in [0.15, 0.2) is 48.6 Å². The number of rotatable bonds is 7. The molecule has 0 radical (unpaired) electrons. The van der Waals surface area contributed by atoms with Crippen molar-refractivity contribution in [2.24, 2.45) is 0 Å². The number of hydrogen-bond acceptors (Lipinski definition) is 6. The predicted octanol–water partition coefficient (Wildman–Crippen LogP) is 3.60. The molecule has 2 aromatic rings. The number of hydrogen-bond donors (Lipinski definition) is 2. The molecule has 0 bridgehead atoms. The van der Waals surface area contributed by atoms with Crippen molar-refractivity contribution in [3.63, 3.8) is 0 Å². The number of aliphatic hydroxyl groups is 1. The molecule has 0 aromatic heterocycles. The predicted molar refractivity (Wildman–Crippen MR) is 98.9 cm³/mol. The molecule has 2 rings (SSSR count). The van der Waals surface area contributed by atoms with E-state index in [1.54, 1.807) is 37.5 Å². The number of aromatic hydroxyl groups is 1. The lowest BCUT2D eigenvalue weighted by molar-refractivity contribution is -0.110. The number of phenolic OH excluding ortho intramolecular Hbond substituents is 1. The minimum atomic E-state index is -0.437. The van der Waals surface area contributed by atoms with Gasteiger partial charge in [-0.15, -0.1) is 0 Å². The Morgan fingerprint density at radius 1 is 0.962 bits per heavy atom. The van der Waals surface area contributed by atoms with Gasteiger partial charge in [-0.25, -0.2) is 0 Å². The summed E-state index contributed by atoms with van der Waals surface area (Å²) < 4.78 is 15.3. The standard InChI is InChI=1S/C20H20O6/c1-24-15-7-8-16(18(23)12-15)17(22)11-14(21)6-4-13-5-9-19(25-2)20(10-13)26-3/h4-12,22-23H,1-3H3/b6-4+,17-11-. The number of aliphatic hydroxyl groups excluding tert-OH is 1. The zero-order valence-electron chi connectivity index (χ0n) is 14.7. The Hall–Kier alpha value is -3.41. The number of methoxy groups -OCH3 is 3. The van der Waals surface area contributed by atoms with Crippen molar-refractivity contribution in [1.29, 1.82) is 0 Å². The third kappa shape index (κ3) is 4.57. The molecular formula is C20H20O6. The first kappa shape index (κ1) is 18.9. The summed E-state index contributed by atoms with van der Waals surface area (Å²) in [5, 5.41) is 19.9. The molecule has 136 valence electrons. The second kappa shape index (κ2) is 8.62. The van der Waals surface area contributed by atoms with Gasteiger partial charge in [0.25, 0.3) is 0 Å². The van der Waals surface area contributed by atoms with Gasteiger partial charge in [0.1, 0.15) is 17.3 Å². The van der Waals surface area contributed by atoms with Crippen LogP contribution < -0.4 is 14.2 Å². The highest BCUT2D eigenvalue weighted by Gasteiger charge is 2.09. The molecule has 2 aromatic carbocycles. The summed E-state index contributed by atoms with van der Waals surface area (Å²) in [6, 6.07) is 9.61. The highest BCUT2D eigenvalue weighted by atomic mass is 16.5. The average Bonchev–Trinajstić information content (AvgIpc) is 2.65. The van der Waals surface area contributed by atoms with Crippen LogP contribution in [0.4, 0.5) is 0 Å². The number of carbonyl (C=O) groups is 1. The first-order valence-electron chi connectivity index (χ1n) is 7.70. The van der Waals surface area contributed by atoms with E-state index in [2.05, 4.69) is 0 Å². The Kier molecular flexibility index (Phi) is 6.27. The molecule has 0 spiro atoms. The van der Waals surface area contributed by atoms with E-state index in [0.717, 1.165) is 11.6 Å². The molecule has 6 nitrogen and oxygen atoms in total. The van der Waals surface area contributed by atoms with Gasteiger partial charge in [-0.3, -0.25) is 4.79 Å². The summed E-state index contributed by atoms with van der Waals surface area (Å²) in [7, 11) is 4.53. The Bertz CT molecular complexity index is 851. The summed E-state index contributed by atoms with van der Waals surface area (Å²) in [6.45, 7) is 0. The van der Waals surface area contributed by atoms with Gasteiger partial charge in [0.05, 0.1) is 26.9 Å². The normalized spacial score (nSPS) is 11.4. The lowest BCUT2D eigenvalue weighted by Gasteiger charge is -2.07. The van der Waals surface area contributed by atoms with Gasteiger partial charge in [0.15, 0.2) is 17.3 Å². The molecule has 0 unspecified atom stereocenters. The molecule has 6 heteroatoms. The topological polar surface area (TPSA) is 85.2 Å². The number of phenols is 1. The lowest BCUT2D eigenvalue weighted by atomic mass is 10.1. The summed E-state index contributed by atoms with van der Waals surface area (Å²) in [4.78, 5) is 12.0. The Morgan fingerprint density at radius 2 is 1.69 bits per heavy atom. The van der Waals surface area contributed by atoms with Gasteiger partial charge in [0, 0.05) is 12.1 Å². The summed E-state index contributed by atoms with van der Waals surface area (Å²) in [5.41, 5.74) is 0.870. The first-order chi connectivity index (χ1) is 12.5. The van der Waals surface area contributed by atoms with Gasteiger partial charge in [0.2, 0.25) is 0 Å². The molecule has 0 fully saturated rings. The number of benzene rings is 2. The minimum Gasteiger partial charge on any atom is -0.507 e. The SMILES string of the molecule is COc1ccc(/C(O)=C/C(=O)/C=C/c2ccc(OC)c(OC)c2)c(O)c1. The van der Waals surface area contributed by atoms with Crippen molar-refractivity contribution in [1.82, 2.24) is 0 Å². The van der Waals surface area contributed by atoms with E-state index in [9.17, 15) is 15.0 Å². The molecule has 0 saturated heterocycles. The van der Waals surface area contributed by atoms with Crippen molar-refractivity contribution in [3.8, 4) is 23.0 Å². The summed E-state index contributed by atoms with van der Waals surface area (Å²) >= 11 is 0. The molecule has 0 heterocycles. The van der Waals surface area contributed by atoms with Gasteiger partial charge in [-0.05, 0) is 35.9 Å². The van der Waals surface area contributed by atoms with E-state index in [0.29, 0.717) is 17.2 Å². The maximum absolute atomic E-state index is 12.0. The van der Waals surface area contributed by atoms with Crippen LogP contribution in [0, 0.1) is 0 Å². The zero-order valence-corrected chi connectivity index (χ0v) is 14.7. The molecule has 0 amide bonds. The Labute approximate surface area is 151 Å². The number of ketones is 1. The smallest absolute Gasteiger partial charge is 0.182 e. The summed E-state index contributed by atoms with van der Waals surface area (Å²) in [6.07, 6.45) is 3.92. The van der Waals surface area contributed by atoms with Crippen LogP contribution in [0.1, 0.15) is 11.1 Å². The highest BCUT2D eigenvalue weighted by molar-refractivity contribution is 6.05. The van der Waals surface area contributed by atoms with Crippen molar-refractivity contribution in [2.75, 3.05) is 21.3 Å². The molecule has 0 atom stereocenters. The van der Waals surface area contributed by atoms with E-state index in [1.165, 1.54) is 32.4 Å². The summed E-state index contributed by atoms with van der Waals surface area (Å²) in [5.74, 6) is 0.611. The molecule has 0 aliphatic heterocycles. The average molecular weight is 356 g/mol. The quantitative estimate of drug-likeness (QED) is 0.582. The monoisotopic (exact) mass is 356 g/mol. The second-order valence-corrected chi connectivity index (χ2v) is 5.26. The van der Waals surface area contributed by atoms with Crippen LogP contribution in [-0.2, 0) is 4.79 Å². The fourth-order valence-corrected chi connectivity index (χ4v) is 2.25. The van der Waals surface area contributed by atoms with E-state index in [-0.39, 0.29) is 17.1 Å². The van der Waals surface area contributed by atoms with Crippen molar-refractivity contribution in [2.45, 2.75) is 0 Å². The minimum absolute atomic E-state index is 0.138. The zero-order chi connectivity index (χ0) is 19.1. The van der Waals surface area contributed by atoms with Crippen molar-refractivity contribution >= 4 is 17.6 Å². The second-order valence-electron chi connectivity index (χ2n) is 5.26. The maximum atomic E-state index is 12.0. The molecule has 0 saturated carbocycles. The van der Waals surface area contributed by atoms with E-state index in [4.69, 9.17) is 14.2 Å². The molecular weight excluding hydrogens is 336 g/mol. The van der Waals surface area contributed by atoms with Crippen LogP contribution >= 0.6 is 0 Å². The van der Waals surface area contributed by atoms with Gasteiger partial charge >= 0.3 is 0 Å². The largest absolute Gasteiger partial charge is 0.507 e. The van der Waals surface area contributed by atoms with Gasteiger partial charge < -0.3 is 24.4 Å². The fourth-order valence-electron chi connectivity index (χ4n) is 2.25. The van der Waals surface area contributed by atoms with Gasteiger partial charge in [-0.2, -0.15) is 0 Å². The number of ether oxygens (including phenoxy) is 3. The van der Waals surface area contributed by atoms with E-state index in [1.807, 2.05) is 0 Å². The lowest BCUT2D eigenvalue weighted by Crippen LogP contribution is -1.93. The van der Waals surface area contributed by atoms with Crippen LogP contribution in [0.2, 0.25) is 0 Å². The van der Waals surface area contributed by atoms with Crippen molar-refractivity contribution < 1.29 is 29.2 Å². The van der Waals surface area contributed by atoms with E-state index >= 15 is 0 Å². The number of allylic oxidation sites excluding steroid dienone is 2. The van der Waals surface area contributed by atoms with Crippen LogP contribution in [-0.4, -0.2) is 37.3 Å². The molecule has 0 aliphatic rings. The number of carbonyl (C=O) groups excluding carboxylic acids is 1. The maximum Gasteiger partial charge on any atom is 0.182 e. The fraction of sp³-hybridized carbons (Fsp3) is 0.150. The first-order valence-corrected chi connectivity index (χ1v) is 7.70. The Morgan fingerprint density at radius 3 is 2.31 bits per heavy atom. The highest BCUT2D eigenvalue weighted by Crippen LogP contribution is 2.29. The molecule has 26 heavy (non-hydrogen) atoms. The van der Waals surface area contributed by atoms with Crippen LogP contribution in [0.3, 0.4) is 0 Å². The third-order valence-corrected chi connectivity index (χ3v) is 3.61. The van der Waals surface area contributed by atoms with Crippen molar-refractivity contribution in [3.05, 3.63) is 59.7 Å². The third-order valence-electron chi connectivity index (χ3n) is 3.61.